The lowest BCUT2D eigenvalue weighted by Crippen LogP contribution is -2.26. The largest absolute Gasteiger partial charge is 0.496 e. The van der Waals surface area contributed by atoms with Gasteiger partial charge in [0.1, 0.15) is 5.75 Å². The molecule has 2 rings (SSSR count). The van der Waals surface area contributed by atoms with Gasteiger partial charge in [0.25, 0.3) is 0 Å². The number of nitrogens with one attached hydrogen (secondary N) is 1. The fourth-order valence-corrected chi connectivity index (χ4v) is 3.39. The summed E-state index contributed by atoms with van der Waals surface area (Å²) in [4.78, 5) is 11.9. The van der Waals surface area contributed by atoms with Gasteiger partial charge in [0, 0.05) is 16.8 Å². The van der Waals surface area contributed by atoms with E-state index in [9.17, 15) is 4.79 Å². The molecule has 0 saturated carbocycles. The molecule has 0 unspecified atom stereocenters. The summed E-state index contributed by atoms with van der Waals surface area (Å²) in [6.07, 6.45) is 1.81. The molecule has 2 aromatic rings. The second-order valence-corrected chi connectivity index (χ2v) is 7.29. The van der Waals surface area contributed by atoms with Gasteiger partial charge in [0.2, 0.25) is 5.91 Å². The number of para-hydroxylation sites is 1. The number of hydrogen-bond acceptors (Lipinski definition) is 3. The van der Waals surface area contributed by atoms with Crippen LogP contribution in [-0.2, 0) is 17.0 Å². The number of halogens is 1. The standard InChI is InChI=1S/C19H22BrNO2S/c1-23-18-7-3-2-5-16(18)6-4-12-21-19(22)14-24-13-15-8-10-17(20)11-9-15/h2-3,5,7-11H,4,6,12-14H2,1H3,(H,21,22). The van der Waals surface area contributed by atoms with Crippen LogP contribution in [0.25, 0.3) is 0 Å². The zero-order valence-electron chi connectivity index (χ0n) is 13.8. The molecule has 24 heavy (non-hydrogen) atoms. The summed E-state index contributed by atoms with van der Waals surface area (Å²) >= 11 is 5.05. The monoisotopic (exact) mass is 407 g/mol. The first-order valence-electron chi connectivity index (χ1n) is 7.90. The Morgan fingerprint density at radius 1 is 1.17 bits per heavy atom. The number of amides is 1. The van der Waals surface area contributed by atoms with Crippen molar-refractivity contribution in [3.63, 3.8) is 0 Å². The quantitative estimate of drug-likeness (QED) is 0.624. The van der Waals surface area contributed by atoms with Gasteiger partial charge < -0.3 is 10.1 Å². The van der Waals surface area contributed by atoms with Gasteiger partial charge in [-0.25, -0.2) is 0 Å². The number of methoxy groups -OCH3 is 1. The maximum Gasteiger partial charge on any atom is 0.230 e. The van der Waals surface area contributed by atoms with E-state index in [1.54, 1.807) is 18.9 Å². The summed E-state index contributed by atoms with van der Waals surface area (Å²) in [5.41, 5.74) is 2.41. The molecule has 0 aliphatic rings. The van der Waals surface area contributed by atoms with Crippen molar-refractivity contribution in [1.29, 1.82) is 0 Å². The van der Waals surface area contributed by atoms with Gasteiger partial charge in [-0.15, -0.1) is 11.8 Å². The lowest BCUT2D eigenvalue weighted by Gasteiger charge is -2.09. The van der Waals surface area contributed by atoms with E-state index in [1.165, 1.54) is 11.1 Å². The first-order valence-corrected chi connectivity index (χ1v) is 9.84. The Hall–Kier alpha value is -1.46. The van der Waals surface area contributed by atoms with Crippen molar-refractivity contribution < 1.29 is 9.53 Å². The maximum absolute atomic E-state index is 11.9. The molecule has 2 aromatic carbocycles. The van der Waals surface area contributed by atoms with Crippen LogP contribution in [0, 0.1) is 0 Å². The lowest BCUT2D eigenvalue weighted by atomic mass is 10.1. The Kier molecular flexibility index (Phi) is 8.19. The highest BCUT2D eigenvalue weighted by atomic mass is 79.9. The minimum absolute atomic E-state index is 0.0946. The van der Waals surface area contributed by atoms with Crippen molar-refractivity contribution in [2.45, 2.75) is 18.6 Å². The summed E-state index contributed by atoms with van der Waals surface area (Å²) in [6, 6.07) is 16.2. The van der Waals surface area contributed by atoms with Crippen molar-refractivity contribution in [1.82, 2.24) is 5.32 Å². The summed E-state index contributed by atoms with van der Waals surface area (Å²) in [7, 11) is 1.68. The van der Waals surface area contributed by atoms with Crippen LogP contribution >= 0.6 is 27.7 Å². The Labute approximate surface area is 156 Å². The van der Waals surface area contributed by atoms with Gasteiger partial charge in [-0.3, -0.25) is 4.79 Å². The molecule has 0 bridgehead atoms. The van der Waals surface area contributed by atoms with Crippen molar-refractivity contribution >= 4 is 33.6 Å². The second-order valence-electron chi connectivity index (χ2n) is 5.38. The van der Waals surface area contributed by atoms with Crippen LogP contribution in [0.3, 0.4) is 0 Å². The molecule has 0 saturated heterocycles. The molecular formula is C19H22BrNO2S. The van der Waals surface area contributed by atoms with Crippen LogP contribution in [0.15, 0.2) is 53.0 Å². The fraction of sp³-hybridized carbons (Fsp3) is 0.316. The number of carbonyl (C=O) groups excluding carboxylic acids is 1. The van der Waals surface area contributed by atoms with Crippen LogP contribution in [0.1, 0.15) is 17.5 Å². The Bertz CT molecular complexity index is 646. The van der Waals surface area contributed by atoms with E-state index in [0.29, 0.717) is 12.3 Å². The molecule has 128 valence electrons. The molecule has 0 atom stereocenters. The number of carbonyl (C=O) groups is 1. The average molecular weight is 408 g/mol. The van der Waals surface area contributed by atoms with Crippen molar-refractivity contribution in [3.05, 3.63) is 64.1 Å². The van der Waals surface area contributed by atoms with Crippen LogP contribution in [0.2, 0.25) is 0 Å². The predicted octanol–water partition coefficient (Wildman–Crippen LogP) is 4.44. The van der Waals surface area contributed by atoms with E-state index < -0.39 is 0 Å². The highest BCUT2D eigenvalue weighted by molar-refractivity contribution is 9.10. The minimum atomic E-state index is 0.0946. The van der Waals surface area contributed by atoms with E-state index in [-0.39, 0.29) is 5.91 Å². The smallest absolute Gasteiger partial charge is 0.230 e. The summed E-state index contributed by atoms with van der Waals surface area (Å²) < 4.78 is 6.41. The SMILES string of the molecule is COc1ccccc1CCCNC(=O)CSCc1ccc(Br)cc1. The van der Waals surface area contributed by atoms with Crippen molar-refractivity contribution in [2.24, 2.45) is 0 Å². The van der Waals surface area contributed by atoms with Gasteiger partial charge in [-0.05, 0) is 42.2 Å². The zero-order valence-corrected chi connectivity index (χ0v) is 16.2. The molecule has 1 N–H and O–H groups in total. The normalized spacial score (nSPS) is 10.4. The molecule has 1 amide bonds. The van der Waals surface area contributed by atoms with Gasteiger partial charge in [-0.2, -0.15) is 0 Å². The molecule has 3 nitrogen and oxygen atoms in total. The number of rotatable bonds is 9. The van der Waals surface area contributed by atoms with Crippen LogP contribution in [0.5, 0.6) is 5.75 Å². The first-order chi connectivity index (χ1) is 11.7. The van der Waals surface area contributed by atoms with E-state index in [2.05, 4.69) is 39.4 Å². The molecule has 5 heteroatoms. The lowest BCUT2D eigenvalue weighted by molar-refractivity contribution is -0.118. The number of hydrogen-bond donors (Lipinski definition) is 1. The molecular weight excluding hydrogens is 386 g/mol. The molecule has 0 spiro atoms. The first kappa shape index (κ1) is 18.9. The van der Waals surface area contributed by atoms with Crippen LogP contribution in [-0.4, -0.2) is 25.3 Å². The minimum Gasteiger partial charge on any atom is -0.496 e. The number of thioether (sulfide) groups is 1. The number of benzene rings is 2. The van der Waals surface area contributed by atoms with E-state index >= 15 is 0 Å². The third kappa shape index (κ3) is 6.57. The fourth-order valence-electron chi connectivity index (χ4n) is 2.31. The molecule has 0 aliphatic carbocycles. The van der Waals surface area contributed by atoms with Gasteiger partial charge >= 0.3 is 0 Å². The van der Waals surface area contributed by atoms with Crippen LogP contribution in [0.4, 0.5) is 0 Å². The third-order valence-corrected chi connectivity index (χ3v) is 5.09. The number of ether oxygens (including phenoxy) is 1. The highest BCUT2D eigenvalue weighted by Gasteiger charge is 2.04. The van der Waals surface area contributed by atoms with E-state index in [1.807, 2.05) is 30.3 Å². The third-order valence-electron chi connectivity index (χ3n) is 3.55. The Balaban J connectivity index is 1.60. The van der Waals surface area contributed by atoms with Crippen LogP contribution < -0.4 is 10.1 Å². The number of aryl methyl sites for hydroxylation is 1. The summed E-state index contributed by atoms with van der Waals surface area (Å²) in [6.45, 7) is 0.690. The van der Waals surface area contributed by atoms with Crippen molar-refractivity contribution in [2.75, 3.05) is 19.4 Å². The van der Waals surface area contributed by atoms with E-state index in [4.69, 9.17) is 4.74 Å². The topological polar surface area (TPSA) is 38.3 Å². The average Bonchev–Trinajstić information content (AvgIpc) is 2.61. The summed E-state index contributed by atoms with van der Waals surface area (Å²) in [5, 5.41) is 2.98. The van der Waals surface area contributed by atoms with Gasteiger partial charge in [-0.1, -0.05) is 46.3 Å². The zero-order chi connectivity index (χ0) is 17.2. The molecule has 0 aliphatic heterocycles. The predicted molar refractivity (Wildman–Crippen MR) is 105 cm³/mol. The maximum atomic E-state index is 11.9. The van der Waals surface area contributed by atoms with Gasteiger partial charge in [0.05, 0.1) is 12.9 Å². The van der Waals surface area contributed by atoms with Gasteiger partial charge in [0.15, 0.2) is 0 Å². The second kappa shape index (κ2) is 10.4. The Morgan fingerprint density at radius 3 is 2.67 bits per heavy atom. The van der Waals surface area contributed by atoms with Crippen molar-refractivity contribution in [3.8, 4) is 5.75 Å². The molecule has 0 radical (unpaired) electrons. The highest BCUT2D eigenvalue weighted by Crippen LogP contribution is 2.18. The molecule has 0 fully saturated rings. The molecule has 0 aromatic heterocycles. The Morgan fingerprint density at radius 2 is 1.92 bits per heavy atom. The van der Waals surface area contributed by atoms with E-state index in [0.717, 1.165) is 28.8 Å². The summed E-state index contributed by atoms with van der Waals surface area (Å²) in [5.74, 6) is 2.35. The molecule has 0 heterocycles.